The van der Waals surface area contributed by atoms with Gasteiger partial charge in [0.25, 0.3) is 0 Å². The summed E-state index contributed by atoms with van der Waals surface area (Å²) in [5, 5.41) is 14.9. The summed E-state index contributed by atoms with van der Waals surface area (Å²) in [6.07, 6.45) is 3.00. The van der Waals surface area contributed by atoms with Crippen LogP contribution in [0.3, 0.4) is 0 Å². The fourth-order valence-corrected chi connectivity index (χ4v) is 4.62. The smallest absolute Gasteiger partial charge is 0.248 e. The van der Waals surface area contributed by atoms with Crippen molar-refractivity contribution in [1.29, 1.82) is 0 Å². The molecule has 7 nitrogen and oxygen atoms in total. The van der Waals surface area contributed by atoms with Gasteiger partial charge < -0.3 is 14.4 Å². The highest BCUT2D eigenvalue weighted by Crippen LogP contribution is 2.41. The van der Waals surface area contributed by atoms with E-state index < -0.39 is 12.2 Å². The molecule has 1 saturated carbocycles. The fraction of sp³-hybridized carbons (Fsp3) is 0.458. The lowest BCUT2D eigenvalue weighted by Gasteiger charge is -2.36. The Morgan fingerprint density at radius 2 is 1.97 bits per heavy atom. The zero-order valence-electron chi connectivity index (χ0n) is 18.6. The van der Waals surface area contributed by atoms with E-state index in [0.29, 0.717) is 42.3 Å². The molecule has 1 atom stereocenters. The highest BCUT2D eigenvalue weighted by molar-refractivity contribution is 5.62. The molecule has 4 heterocycles. The van der Waals surface area contributed by atoms with Crippen molar-refractivity contribution in [2.45, 2.75) is 70.9 Å². The van der Waals surface area contributed by atoms with Crippen LogP contribution in [-0.2, 0) is 13.2 Å². The van der Waals surface area contributed by atoms with E-state index in [1.54, 1.807) is 12.4 Å². The number of nitrogens with zero attached hydrogens (tertiary/aromatic N) is 4. The number of hydrogen-bond donors (Lipinski definition) is 1. The van der Waals surface area contributed by atoms with Crippen LogP contribution in [0, 0.1) is 13.8 Å². The molecule has 0 amide bonds. The summed E-state index contributed by atoms with van der Waals surface area (Å²) < 4.78 is 38.4. The topological polar surface area (TPSA) is 84.5 Å². The van der Waals surface area contributed by atoms with Gasteiger partial charge in [0.1, 0.15) is 24.3 Å². The number of pyridine rings is 2. The van der Waals surface area contributed by atoms with Crippen molar-refractivity contribution >= 4 is 0 Å². The summed E-state index contributed by atoms with van der Waals surface area (Å²) in [6.45, 7) is 4.45. The van der Waals surface area contributed by atoms with Gasteiger partial charge in [0, 0.05) is 60.7 Å². The van der Waals surface area contributed by atoms with Gasteiger partial charge in [-0.05, 0) is 44.4 Å². The normalized spacial score (nSPS) is 20.7. The van der Waals surface area contributed by atoms with Gasteiger partial charge in [-0.15, -0.1) is 0 Å². The molecule has 3 aromatic heterocycles. The van der Waals surface area contributed by atoms with Crippen molar-refractivity contribution in [1.82, 2.24) is 20.0 Å². The molecule has 9 heteroatoms. The maximum atomic E-state index is 13.5. The molecular weight excluding hydrogens is 430 g/mol. The number of rotatable bonds is 5. The first-order chi connectivity index (χ1) is 15.8. The number of alkyl halides is 2. The minimum absolute atomic E-state index is 0.0678. The monoisotopic (exact) mass is 456 g/mol. The quantitative estimate of drug-likeness (QED) is 0.595. The Morgan fingerprint density at radius 3 is 2.70 bits per heavy atom. The number of aryl methyl sites for hydroxylation is 2. The Morgan fingerprint density at radius 1 is 1.18 bits per heavy atom. The third kappa shape index (κ3) is 4.35. The first-order valence-corrected chi connectivity index (χ1v) is 11.1. The van der Waals surface area contributed by atoms with E-state index in [0.717, 1.165) is 22.4 Å². The van der Waals surface area contributed by atoms with E-state index in [-0.39, 0.29) is 25.5 Å². The van der Waals surface area contributed by atoms with Crippen molar-refractivity contribution in [2.75, 3.05) is 0 Å². The molecule has 1 N–H and O–H groups in total. The number of hydrogen-bond acceptors (Lipinski definition) is 7. The van der Waals surface area contributed by atoms with Crippen LogP contribution in [0.5, 0.6) is 5.88 Å². The molecule has 1 fully saturated rings. The lowest BCUT2D eigenvalue weighted by Crippen LogP contribution is -2.39. The summed E-state index contributed by atoms with van der Waals surface area (Å²) in [5.74, 6) is -1.52. The lowest BCUT2D eigenvalue weighted by atomic mass is 9.91. The largest absolute Gasteiger partial charge is 0.473 e. The van der Waals surface area contributed by atoms with E-state index in [1.807, 2.05) is 36.9 Å². The number of halogens is 2. The minimum atomic E-state index is -2.59. The molecule has 3 aromatic rings. The van der Waals surface area contributed by atoms with Crippen LogP contribution < -0.4 is 4.74 Å². The van der Waals surface area contributed by atoms with Crippen LogP contribution in [0.1, 0.15) is 60.1 Å². The number of aromatic nitrogens is 3. The number of aliphatic hydroxyl groups excluding tert-OH is 1. The second-order valence-corrected chi connectivity index (χ2v) is 8.90. The van der Waals surface area contributed by atoms with Crippen molar-refractivity contribution in [3.05, 3.63) is 58.7 Å². The van der Waals surface area contributed by atoms with E-state index in [2.05, 4.69) is 15.1 Å². The number of fused-ring (bicyclic) bond motifs is 1. The van der Waals surface area contributed by atoms with Gasteiger partial charge in [-0.2, -0.15) is 0 Å². The van der Waals surface area contributed by atoms with Crippen LogP contribution in [0.15, 0.2) is 35.1 Å². The summed E-state index contributed by atoms with van der Waals surface area (Å²) >= 11 is 0. The standard InChI is InChI=1S/C24H26F2N4O3/c1-14-3-4-16(10-27-14)22-20(15(2)33-29-22)13-32-21-9-17-12-30(23(31)19(17)11-28-21)18-5-7-24(25,26)8-6-18/h3-4,9-11,18,23,31H,5-8,12-13H2,1-2H3. The molecule has 0 bridgehead atoms. The van der Waals surface area contributed by atoms with Gasteiger partial charge in [-0.1, -0.05) is 5.16 Å². The zero-order chi connectivity index (χ0) is 23.2. The average Bonchev–Trinajstić information content (AvgIpc) is 3.32. The van der Waals surface area contributed by atoms with Gasteiger partial charge in [-0.3, -0.25) is 9.88 Å². The van der Waals surface area contributed by atoms with Crippen molar-refractivity contribution in [2.24, 2.45) is 0 Å². The SMILES string of the molecule is Cc1ccc(-c2noc(C)c2COc2cc3c(cn2)C(O)N(C2CCC(F)(F)CC2)C3)cn1. The third-order valence-electron chi connectivity index (χ3n) is 6.63. The summed E-state index contributed by atoms with van der Waals surface area (Å²) in [4.78, 5) is 10.6. The third-order valence-corrected chi connectivity index (χ3v) is 6.63. The maximum Gasteiger partial charge on any atom is 0.248 e. The molecule has 0 saturated heterocycles. The number of ether oxygens (including phenoxy) is 1. The molecule has 0 spiro atoms. The first kappa shape index (κ1) is 21.9. The molecule has 174 valence electrons. The van der Waals surface area contributed by atoms with E-state index in [4.69, 9.17) is 9.26 Å². The highest BCUT2D eigenvalue weighted by Gasteiger charge is 2.41. The molecule has 1 aliphatic carbocycles. The summed E-state index contributed by atoms with van der Waals surface area (Å²) in [5.41, 5.74) is 4.85. The highest BCUT2D eigenvalue weighted by atomic mass is 19.3. The van der Waals surface area contributed by atoms with Gasteiger partial charge in [0.05, 0.1) is 5.56 Å². The summed E-state index contributed by atoms with van der Waals surface area (Å²) in [7, 11) is 0. The Bertz CT molecular complexity index is 1140. The molecule has 33 heavy (non-hydrogen) atoms. The van der Waals surface area contributed by atoms with Gasteiger partial charge in [0.2, 0.25) is 11.8 Å². The van der Waals surface area contributed by atoms with Gasteiger partial charge in [-0.25, -0.2) is 13.8 Å². The molecule has 1 aliphatic heterocycles. The van der Waals surface area contributed by atoms with Crippen LogP contribution in [0.4, 0.5) is 8.78 Å². The van der Waals surface area contributed by atoms with Crippen LogP contribution in [-0.4, -0.2) is 37.1 Å². The van der Waals surface area contributed by atoms with Crippen molar-refractivity contribution < 1.29 is 23.1 Å². The maximum absolute atomic E-state index is 13.5. The van der Waals surface area contributed by atoms with Gasteiger partial charge >= 0.3 is 0 Å². The summed E-state index contributed by atoms with van der Waals surface area (Å²) in [6, 6.07) is 5.60. The first-order valence-electron chi connectivity index (χ1n) is 11.1. The van der Waals surface area contributed by atoms with Crippen molar-refractivity contribution in [3.63, 3.8) is 0 Å². The molecular formula is C24H26F2N4O3. The van der Waals surface area contributed by atoms with Crippen molar-refractivity contribution in [3.8, 4) is 17.1 Å². The average molecular weight is 456 g/mol. The number of aliphatic hydroxyl groups is 1. The molecule has 5 rings (SSSR count). The van der Waals surface area contributed by atoms with Crippen LogP contribution >= 0.6 is 0 Å². The van der Waals surface area contributed by atoms with E-state index in [1.165, 1.54) is 0 Å². The molecule has 0 aromatic carbocycles. The predicted octanol–water partition coefficient (Wildman–Crippen LogP) is 4.71. The van der Waals surface area contributed by atoms with Crippen LogP contribution in [0.25, 0.3) is 11.3 Å². The predicted molar refractivity (Wildman–Crippen MR) is 115 cm³/mol. The Balaban J connectivity index is 1.29. The Labute approximate surface area is 190 Å². The molecule has 1 unspecified atom stereocenters. The second kappa shape index (κ2) is 8.46. The van der Waals surface area contributed by atoms with Gasteiger partial charge in [0.15, 0.2) is 0 Å². The second-order valence-electron chi connectivity index (χ2n) is 8.90. The molecule has 0 radical (unpaired) electrons. The van der Waals surface area contributed by atoms with Crippen LogP contribution in [0.2, 0.25) is 0 Å². The minimum Gasteiger partial charge on any atom is -0.473 e. The molecule has 2 aliphatic rings. The fourth-order valence-electron chi connectivity index (χ4n) is 4.62. The Kier molecular flexibility index (Phi) is 5.62. The van der Waals surface area contributed by atoms with E-state index in [9.17, 15) is 13.9 Å². The Hall–Kier alpha value is -2.91. The lowest BCUT2D eigenvalue weighted by molar-refractivity contribution is -0.0829. The van der Waals surface area contributed by atoms with E-state index >= 15 is 0 Å². The zero-order valence-corrected chi connectivity index (χ0v) is 18.6.